The Hall–Kier alpha value is -7.98. The van der Waals surface area contributed by atoms with Gasteiger partial charge < -0.3 is 30.7 Å². The van der Waals surface area contributed by atoms with Crippen LogP contribution in [-0.2, 0) is 0 Å². The number of fused-ring (bicyclic) bond motifs is 2. The zero-order valence-electron chi connectivity index (χ0n) is 42.9. The number of anilines is 2. The van der Waals surface area contributed by atoms with Crippen molar-refractivity contribution in [3.63, 3.8) is 0 Å². The van der Waals surface area contributed by atoms with Gasteiger partial charge in [0.15, 0.2) is 46.0 Å². The van der Waals surface area contributed by atoms with Gasteiger partial charge >= 0.3 is 12.4 Å². The molecule has 414 valence electrons. The Morgan fingerprint density at radius 1 is 0.646 bits per heavy atom. The molecule has 79 heavy (non-hydrogen) atoms. The smallest absolute Gasteiger partial charge is 0.390 e. The first-order valence-electron chi connectivity index (χ1n) is 25.4. The van der Waals surface area contributed by atoms with Crippen LogP contribution in [0.4, 0.5) is 46.5 Å². The van der Waals surface area contributed by atoms with E-state index < -0.39 is 67.9 Å². The summed E-state index contributed by atoms with van der Waals surface area (Å²) in [4.78, 5) is 34.1. The second-order valence-electron chi connectivity index (χ2n) is 19.9. The van der Waals surface area contributed by atoms with E-state index in [-0.39, 0.29) is 62.5 Å². The molecule has 8 aromatic rings. The largest absolute Gasteiger partial charge is 0.505 e. The van der Waals surface area contributed by atoms with Crippen molar-refractivity contribution in [2.75, 3.05) is 30.8 Å². The molecule has 2 atom stereocenters. The summed E-state index contributed by atoms with van der Waals surface area (Å²) in [7, 11) is 1.27. The first-order chi connectivity index (χ1) is 37.6. The molecule has 2 unspecified atom stereocenters. The number of aliphatic hydroxyl groups is 2. The molecule has 0 bridgehead atoms. The van der Waals surface area contributed by atoms with Gasteiger partial charge in [-0.25, -0.2) is 27.8 Å². The number of aliphatic hydroxyl groups excluding tert-OH is 2. The van der Waals surface area contributed by atoms with Crippen LogP contribution in [0.15, 0.2) is 97.3 Å². The van der Waals surface area contributed by atoms with Crippen molar-refractivity contribution in [2.45, 2.75) is 89.8 Å². The lowest BCUT2D eigenvalue weighted by molar-refractivity contribution is -0.132. The number of phenols is 1. The van der Waals surface area contributed by atoms with Gasteiger partial charge in [-0.05, 0) is 98.9 Å². The van der Waals surface area contributed by atoms with Crippen molar-refractivity contribution >= 4 is 34.2 Å². The number of imidazole rings is 2. The molecule has 4 aromatic heterocycles. The predicted octanol–water partition coefficient (Wildman–Crippen LogP) is 12.3. The molecule has 0 amide bonds. The van der Waals surface area contributed by atoms with Gasteiger partial charge in [0.25, 0.3) is 0 Å². The molecular formula is C57H54F8N8O6. The molecule has 2 saturated carbocycles. The molecular weight excluding hydrogens is 1040 g/mol. The number of phenolic OH excluding ortho intramolecular Hbond substituents is 1. The number of ketones is 2. The number of nitrogens with zero attached hydrogens (tertiary/aromatic N) is 6. The van der Waals surface area contributed by atoms with Gasteiger partial charge in [-0.1, -0.05) is 48.5 Å². The highest BCUT2D eigenvalue weighted by Gasteiger charge is 2.31. The number of carbonyl (C=O) groups excluding carboxylic acids is 2. The molecule has 22 heteroatoms. The molecule has 0 spiro atoms. The fourth-order valence-electron chi connectivity index (χ4n) is 9.26. The molecule has 2 aliphatic carbocycles. The predicted molar refractivity (Wildman–Crippen MR) is 277 cm³/mol. The van der Waals surface area contributed by atoms with Crippen molar-refractivity contribution in [3.05, 3.63) is 154 Å². The summed E-state index contributed by atoms with van der Waals surface area (Å²) in [5, 5.41) is 46.8. The van der Waals surface area contributed by atoms with Crippen molar-refractivity contribution in [2.24, 2.45) is 11.8 Å². The number of aryl methyl sites for hydroxylation is 2. The van der Waals surface area contributed by atoms with E-state index in [1.54, 1.807) is 24.3 Å². The van der Waals surface area contributed by atoms with Crippen LogP contribution in [0.1, 0.15) is 118 Å². The molecule has 4 aromatic carbocycles. The van der Waals surface area contributed by atoms with Crippen molar-refractivity contribution in [1.29, 1.82) is 0 Å². The number of benzene rings is 4. The SMILES string of the molecule is COc1c(F)cccc1C(O)c1cc(NCCC(F)(F)F)c2ncc(-c3ccc(C(=O)CC4CC4)c(C)c3)n2n1.Cc1cc(-c2cnc3c(NCCC(F)(F)F)cc(C(O)c4cccc(F)c4O)nn23)ccc1C(=O)CC1CC1. The number of para-hydroxylation sites is 2. The standard InChI is InChI=1S/C29H28F4N4O3.C28H26F4N4O3/c1-16-12-18(8-9-19(16)25(38)13-17-6-7-17)24-15-35-28-23(34-11-10-29(31,32)33)14-22(36-37(24)28)26(39)20-4-3-5-21(30)27(20)40-2;1-15-11-17(7-8-18(15)24(37)12-16-5-6-16)23-14-34-27-22(33-10-9-28(30,31)32)13-21(35-36(23)27)26(39)19-3-2-4-20(29)25(19)38/h3-5,8-9,12,14-15,17,26,34,39H,6-7,10-11,13H2,1-2H3;2-4,7-8,11,13-14,16,26,33,38-39H,5-6,9-10,12H2,1H3. The summed E-state index contributed by atoms with van der Waals surface area (Å²) in [6, 6.07) is 21.1. The molecule has 2 aliphatic rings. The highest BCUT2D eigenvalue weighted by molar-refractivity contribution is 5.99. The highest BCUT2D eigenvalue weighted by Crippen LogP contribution is 2.39. The van der Waals surface area contributed by atoms with E-state index in [1.165, 1.54) is 71.0 Å². The second kappa shape index (κ2) is 22.8. The van der Waals surface area contributed by atoms with E-state index >= 15 is 0 Å². The molecule has 10 rings (SSSR count). The molecule has 2 fully saturated rings. The van der Waals surface area contributed by atoms with E-state index in [1.807, 2.05) is 26.0 Å². The molecule has 14 nitrogen and oxygen atoms in total. The number of hydrogen-bond donors (Lipinski definition) is 5. The van der Waals surface area contributed by atoms with Crippen LogP contribution in [0.5, 0.6) is 11.5 Å². The van der Waals surface area contributed by atoms with Gasteiger partial charge in [0.2, 0.25) is 0 Å². The molecule has 0 saturated heterocycles. The van der Waals surface area contributed by atoms with Crippen LogP contribution >= 0.6 is 0 Å². The number of halogens is 8. The third-order valence-corrected chi connectivity index (χ3v) is 13.8. The Labute approximate surface area is 447 Å². The van der Waals surface area contributed by atoms with E-state index in [0.29, 0.717) is 58.3 Å². The number of alkyl halides is 6. The van der Waals surface area contributed by atoms with Crippen LogP contribution in [-0.4, -0.2) is 88.6 Å². The summed E-state index contributed by atoms with van der Waals surface area (Å²) in [6.45, 7) is 2.78. The molecule has 5 N–H and O–H groups in total. The van der Waals surface area contributed by atoms with Crippen molar-refractivity contribution < 1.29 is 64.8 Å². The summed E-state index contributed by atoms with van der Waals surface area (Å²) < 4.78 is 113. The summed E-state index contributed by atoms with van der Waals surface area (Å²) in [6.07, 6.45) is -5.66. The second-order valence-corrected chi connectivity index (χ2v) is 19.9. The Kier molecular flexibility index (Phi) is 16.1. The lowest BCUT2D eigenvalue weighted by Gasteiger charge is -2.17. The highest BCUT2D eigenvalue weighted by atomic mass is 19.4. The van der Waals surface area contributed by atoms with Gasteiger partial charge in [0.1, 0.15) is 12.2 Å². The van der Waals surface area contributed by atoms with Crippen LogP contribution in [0, 0.1) is 37.3 Å². The van der Waals surface area contributed by atoms with Gasteiger partial charge in [0.05, 0.1) is 66.5 Å². The lowest BCUT2D eigenvalue weighted by atomic mass is 9.98. The van der Waals surface area contributed by atoms with E-state index in [9.17, 15) is 60.0 Å². The molecule has 4 heterocycles. The zero-order chi connectivity index (χ0) is 56.5. The zero-order valence-corrected chi connectivity index (χ0v) is 42.9. The minimum absolute atomic E-state index is 0.0399. The third kappa shape index (κ3) is 13.0. The summed E-state index contributed by atoms with van der Waals surface area (Å²) >= 11 is 0. The Morgan fingerprint density at radius 2 is 1.08 bits per heavy atom. The maximum atomic E-state index is 14.4. The Bertz CT molecular complexity index is 3570. The van der Waals surface area contributed by atoms with E-state index in [4.69, 9.17) is 4.74 Å². The number of aromatic nitrogens is 6. The lowest BCUT2D eigenvalue weighted by Crippen LogP contribution is -2.16. The van der Waals surface area contributed by atoms with E-state index in [0.717, 1.165) is 42.9 Å². The normalized spacial score (nSPS) is 14.4. The van der Waals surface area contributed by atoms with Crippen molar-refractivity contribution in [1.82, 2.24) is 29.2 Å². The van der Waals surface area contributed by atoms with Crippen LogP contribution < -0.4 is 15.4 Å². The number of methoxy groups -OCH3 is 1. The monoisotopic (exact) mass is 1100 g/mol. The fraction of sp³-hybridized carbons (Fsp3) is 0.333. The number of rotatable bonds is 19. The quantitative estimate of drug-likeness (QED) is 0.0381. The van der Waals surface area contributed by atoms with E-state index in [2.05, 4.69) is 30.8 Å². The minimum atomic E-state index is -4.39. The first kappa shape index (κ1) is 55.8. The minimum Gasteiger partial charge on any atom is -0.505 e. The number of aromatic hydroxyl groups is 1. The fourth-order valence-corrected chi connectivity index (χ4v) is 9.26. The van der Waals surface area contributed by atoms with Crippen LogP contribution in [0.3, 0.4) is 0 Å². The van der Waals surface area contributed by atoms with Crippen LogP contribution in [0.2, 0.25) is 0 Å². The van der Waals surface area contributed by atoms with Gasteiger partial charge in [-0.15, -0.1) is 0 Å². The third-order valence-electron chi connectivity index (χ3n) is 13.8. The number of hydrogen-bond acceptors (Lipinski definition) is 12. The van der Waals surface area contributed by atoms with Gasteiger partial charge in [0, 0.05) is 59.3 Å². The average Bonchev–Trinajstić information content (AvgIpc) is 4.49. The maximum Gasteiger partial charge on any atom is 0.390 e. The summed E-state index contributed by atoms with van der Waals surface area (Å²) in [5.41, 5.74) is 5.86. The molecule has 0 aliphatic heterocycles. The average molecular weight is 1100 g/mol. The number of ether oxygens (including phenoxy) is 1. The first-order valence-corrected chi connectivity index (χ1v) is 25.4. The number of nitrogens with one attached hydrogen (secondary N) is 2. The maximum absolute atomic E-state index is 14.4. The van der Waals surface area contributed by atoms with Gasteiger partial charge in [-0.2, -0.15) is 36.5 Å². The molecule has 0 radical (unpaired) electrons. The number of carbonyl (C=O) groups is 2. The summed E-state index contributed by atoms with van der Waals surface area (Å²) in [5.74, 6) is -1.47. The topological polar surface area (TPSA) is 188 Å². The van der Waals surface area contributed by atoms with Crippen molar-refractivity contribution in [3.8, 4) is 34.0 Å². The Balaban J connectivity index is 0.000000192. The number of Topliss-reactive ketones (excluding diaryl/α,β-unsaturated/α-hetero) is 2. The van der Waals surface area contributed by atoms with Crippen LogP contribution in [0.25, 0.3) is 33.8 Å². The Morgan fingerprint density at radius 3 is 1.49 bits per heavy atom. The van der Waals surface area contributed by atoms with Gasteiger partial charge in [-0.3, -0.25) is 9.59 Å².